The number of hydrogen-bond donors (Lipinski definition) is 0. The highest BCUT2D eigenvalue weighted by Gasteiger charge is 2.19. The van der Waals surface area contributed by atoms with Gasteiger partial charge in [-0.3, -0.25) is 0 Å². The van der Waals surface area contributed by atoms with Crippen LogP contribution in [0, 0.1) is 0 Å². The summed E-state index contributed by atoms with van der Waals surface area (Å²) in [5, 5.41) is 3.59. The molecular formula is C42H26N4S. The number of benzene rings is 6. The van der Waals surface area contributed by atoms with Crippen LogP contribution in [0.2, 0.25) is 0 Å². The molecule has 0 amide bonds. The zero-order valence-corrected chi connectivity index (χ0v) is 26.0. The molecule has 9 rings (SSSR count). The van der Waals surface area contributed by atoms with E-state index in [0.29, 0.717) is 17.5 Å². The molecule has 47 heavy (non-hydrogen) atoms. The number of nitrogens with zero attached hydrogens (tertiary/aromatic N) is 4. The summed E-state index contributed by atoms with van der Waals surface area (Å²) >= 11 is 1.84. The van der Waals surface area contributed by atoms with Crippen LogP contribution in [0.4, 0.5) is 0 Å². The fourth-order valence-electron chi connectivity index (χ4n) is 6.31. The largest absolute Gasteiger partial charge is 0.247 e. The third-order valence-electron chi connectivity index (χ3n) is 8.51. The van der Waals surface area contributed by atoms with Gasteiger partial charge in [0.1, 0.15) is 0 Å². The Morgan fingerprint density at radius 3 is 1.60 bits per heavy atom. The first-order valence-corrected chi connectivity index (χ1v) is 16.4. The summed E-state index contributed by atoms with van der Waals surface area (Å²) in [7, 11) is 0. The fraction of sp³-hybridized carbons (Fsp3) is 0. The van der Waals surface area contributed by atoms with Crippen LogP contribution in [0.3, 0.4) is 0 Å². The third kappa shape index (κ3) is 4.85. The predicted molar refractivity (Wildman–Crippen MR) is 195 cm³/mol. The maximum Gasteiger partial charge on any atom is 0.164 e. The van der Waals surface area contributed by atoms with Gasteiger partial charge < -0.3 is 0 Å². The molecule has 9 aromatic rings. The molecule has 5 heteroatoms. The Bertz CT molecular complexity index is 2500. The molecule has 0 spiro atoms. The van der Waals surface area contributed by atoms with Gasteiger partial charge in [0, 0.05) is 47.8 Å². The van der Waals surface area contributed by atoms with Crippen molar-refractivity contribution in [1.29, 1.82) is 0 Å². The van der Waals surface area contributed by atoms with Crippen molar-refractivity contribution in [3.8, 4) is 56.5 Å². The van der Waals surface area contributed by atoms with Crippen LogP contribution >= 0.6 is 11.3 Å². The first-order chi connectivity index (χ1) is 23.3. The van der Waals surface area contributed by atoms with Gasteiger partial charge in [-0.25, -0.2) is 19.9 Å². The van der Waals surface area contributed by atoms with E-state index in [0.717, 1.165) is 50.0 Å². The summed E-state index contributed by atoms with van der Waals surface area (Å²) in [5.74, 6) is 1.93. The molecule has 3 heterocycles. The lowest BCUT2D eigenvalue weighted by Crippen LogP contribution is -2.00. The lowest BCUT2D eigenvalue weighted by Gasteiger charge is -2.13. The first-order valence-electron chi connectivity index (χ1n) is 15.6. The molecular weight excluding hydrogens is 593 g/mol. The number of fused-ring (bicyclic) bond motifs is 5. The molecule has 6 aromatic carbocycles. The number of pyridine rings is 1. The van der Waals surface area contributed by atoms with Gasteiger partial charge in [0.25, 0.3) is 0 Å². The standard InChI is InChI=1S/C42H26N4S/c1-4-14-27(15-5-1)38-37-33-22-10-11-25-35(33)47-39(37)36-32(23-13-24-34(36)43-38)30-20-12-21-31(26-30)42-45-40(28-16-6-2-7-17-28)44-41(46-42)29-18-8-3-9-19-29/h1-26H. The summed E-state index contributed by atoms with van der Waals surface area (Å²) in [4.78, 5) is 20.2. The lowest BCUT2D eigenvalue weighted by molar-refractivity contribution is 1.07. The number of rotatable bonds is 5. The van der Waals surface area contributed by atoms with Gasteiger partial charge in [-0.2, -0.15) is 0 Å². The Kier molecular flexibility index (Phi) is 6.61. The van der Waals surface area contributed by atoms with Crippen molar-refractivity contribution in [3.05, 3.63) is 158 Å². The van der Waals surface area contributed by atoms with Gasteiger partial charge in [-0.15, -0.1) is 11.3 Å². The SMILES string of the molecule is c1ccc(-c2nc(-c3ccccc3)nc(-c3cccc(-c4cccc5nc(-c6ccccc6)c6c7ccccc7sc6c45)c3)n2)cc1. The highest BCUT2D eigenvalue weighted by Crippen LogP contribution is 2.45. The minimum absolute atomic E-state index is 0.635. The van der Waals surface area contributed by atoms with Crippen molar-refractivity contribution in [2.45, 2.75) is 0 Å². The number of thiophene rings is 1. The summed E-state index contributed by atoms with van der Waals surface area (Å²) in [6.07, 6.45) is 0. The Labute approximate surface area is 275 Å². The Morgan fingerprint density at radius 2 is 0.915 bits per heavy atom. The molecule has 3 aromatic heterocycles. The van der Waals surface area contributed by atoms with Gasteiger partial charge in [-0.1, -0.05) is 140 Å². The summed E-state index contributed by atoms with van der Waals surface area (Å²) < 4.78 is 2.50. The summed E-state index contributed by atoms with van der Waals surface area (Å²) in [5.41, 5.74) is 8.16. The van der Waals surface area contributed by atoms with E-state index < -0.39 is 0 Å². The van der Waals surface area contributed by atoms with Crippen LogP contribution in [0.5, 0.6) is 0 Å². The molecule has 0 aliphatic rings. The highest BCUT2D eigenvalue weighted by atomic mass is 32.1. The van der Waals surface area contributed by atoms with Crippen LogP contribution in [-0.4, -0.2) is 19.9 Å². The van der Waals surface area contributed by atoms with E-state index in [-0.39, 0.29) is 0 Å². The summed E-state index contributed by atoms with van der Waals surface area (Å²) in [6, 6.07) is 54.3. The number of aromatic nitrogens is 4. The molecule has 0 fully saturated rings. The Balaban J connectivity index is 1.26. The van der Waals surface area contributed by atoms with Crippen molar-refractivity contribution < 1.29 is 0 Å². The molecule has 0 saturated heterocycles. The van der Waals surface area contributed by atoms with Crippen molar-refractivity contribution in [1.82, 2.24) is 19.9 Å². The van der Waals surface area contributed by atoms with E-state index in [1.165, 1.54) is 20.2 Å². The van der Waals surface area contributed by atoms with Gasteiger partial charge in [-0.05, 0) is 29.3 Å². The van der Waals surface area contributed by atoms with Crippen LogP contribution in [0.1, 0.15) is 0 Å². The van der Waals surface area contributed by atoms with E-state index in [1.807, 2.05) is 72.0 Å². The van der Waals surface area contributed by atoms with E-state index in [1.54, 1.807) is 0 Å². The highest BCUT2D eigenvalue weighted by molar-refractivity contribution is 7.26. The molecule has 0 radical (unpaired) electrons. The first kappa shape index (κ1) is 27.3. The van der Waals surface area contributed by atoms with Crippen LogP contribution in [0.15, 0.2) is 158 Å². The van der Waals surface area contributed by atoms with E-state index in [4.69, 9.17) is 19.9 Å². The third-order valence-corrected chi connectivity index (χ3v) is 9.70. The van der Waals surface area contributed by atoms with Gasteiger partial charge in [0.15, 0.2) is 17.5 Å². The molecule has 0 atom stereocenters. The Morgan fingerprint density at radius 1 is 0.383 bits per heavy atom. The minimum atomic E-state index is 0.635. The molecule has 0 aliphatic heterocycles. The average molecular weight is 619 g/mol. The lowest BCUT2D eigenvalue weighted by atomic mass is 9.96. The normalized spacial score (nSPS) is 11.4. The van der Waals surface area contributed by atoms with Crippen LogP contribution < -0.4 is 0 Å². The Hall–Kier alpha value is -6.04. The van der Waals surface area contributed by atoms with Crippen molar-refractivity contribution in [3.63, 3.8) is 0 Å². The quantitative estimate of drug-likeness (QED) is 0.193. The van der Waals surface area contributed by atoms with Crippen molar-refractivity contribution >= 4 is 42.4 Å². The van der Waals surface area contributed by atoms with Gasteiger partial charge in [0.05, 0.1) is 11.2 Å². The fourth-order valence-corrected chi connectivity index (χ4v) is 7.59. The monoisotopic (exact) mass is 618 g/mol. The molecule has 4 nitrogen and oxygen atoms in total. The van der Waals surface area contributed by atoms with E-state index in [2.05, 4.69) is 97.1 Å². The second-order valence-corrected chi connectivity index (χ2v) is 12.5. The smallest absolute Gasteiger partial charge is 0.164 e. The molecule has 0 bridgehead atoms. The molecule has 0 unspecified atom stereocenters. The molecule has 0 saturated carbocycles. The minimum Gasteiger partial charge on any atom is -0.247 e. The van der Waals surface area contributed by atoms with Gasteiger partial charge >= 0.3 is 0 Å². The van der Waals surface area contributed by atoms with E-state index >= 15 is 0 Å². The average Bonchev–Trinajstić information content (AvgIpc) is 3.55. The topological polar surface area (TPSA) is 51.6 Å². The number of hydrogen-bond acceptors (Lipinski definition) is 5. The van der Waals surface area contributed by atoms with Crippen molar-refractivity contribution in [2.24, 2.45) is 0 Å². The zero-order valence-electron chi connectivity index (χ0n) is 25.2. The van der Waals surface area contributed by atoms with Crippen LogP contribution in [-0.2, 0) is 0 Å². The van der Waals surface area contributed by atoms with Gasteiger partial charge in [0.2, 0.25) is 0 Å². The maximum atomic E-state index is 5.33. The maximum absolute atomic E-state index is 5.33. The molecule has 0 N–H and O–H groups in total. The predicted octanol–water partition coefficient (Wildman–Crippen LogP) is 11.1. The second kappa shape index (κ2) is 11.4. The zero-order chi connectivity index (χ0) is 31.2. The van der Waals surface area contributed by atoms with E-state index in [9.17, 15) is 0 Å². The summed E-state index contributed by atoms with van der Waals surface area (Å²) in [6.45, 7) is 0. The second-order valence-electron chi connectivity index (χ2n) is 11.4. The molecule has 220 valence electrons. The van der Waals surface area contributed by atoms with Crippen LogP contribution in [0.25, 0.3) is 87.6 Å². The molecule has 0 aliphatic carbocycles. The van der Waals surface area contributed by atoms with Crippen molar-refractivity contribution in [2.75, 3.05) is 0 Å².